The molecule has 2 rings (SSSR count). The average Bonchev–Trinajstić information content (AvgIpc) is 2.41. The number of benzene rings is 1. The summed E-state index contributed by atoms with van der Waals surface area (Å²) >= 11 is 0. The van der Waals surface area contributed by atoms with E-state index in [4.69, 9.17) is 5.41 Å². The Kier molecular flexibility index (Phi) is 3.80. The highest BCUT2D eigenvalue weighted by molar-refractivity contribution is 5.86. The molecule has 1 aromatic heterocycles. The topological polar surface area (TPSA) is 57.9 Å². The van der Waals surface area contributed by atoms with Gasteiger partial charge in [-0.25, -0.2) is 0 Å². The van der Waals surface area contributed by atoms with Crippen LogP contribution in [0.2, 0.25) is 0 Å². The van der Waals surface area contributed by atoms with E-state index in [1.165, 1.54) is 6.21 Å². The average molecular weight is 255 g/mol. The Morgan fingerprint density at radius 3 is 2.79 bits per heavy atom. The summed E-state index contributed by atoms with van der Waals surface area (Å²) in [7, 11) is 1.74. The van der Waals surface area contributed by atoms with Gasteiger partial charge in [-0.3, -0.25) is 4.79 Å². The second kappa shape index (κ2) is 5.52. The van der Waals surface area contributed by atoms with Crippen molar-refractivity contribution in [3.05, 3.63) is 63.6 Å². The van der Waals surface area contributed by atoms with E-state index in [0.29, 0.717) is 6.54 Å². The van der Waals surface area contributed by atoms with E-state index in [0.717, 1.165) is 22.4 Å². The number of rotatable bonds is 4. The van der Waals surface area contributed by atoms with Crippen molar-refractivity contribution >= 4 is 11.9 Å². The lowest BCUT2D eigenvalue weighted by Gasteiger charge is -2.10. The van der Waals surface area contributed by atoms with Crippen LogP contribution < -0.4 is 10.9 Å². The predicted molar refractivity (Wildman–Crippen MR) is 78.1 cm³/mol. The van der Waals surface area contributed by atoms with Crippen molar-refractivity contribution < 1.29 is 0 Å². The zero-order valence-electron chi connectivity index (χ0n) is 11.1. The predicted octanol–water partition coefficient (Wildman–Crippen LogP) is 2.30. The molecule has 1 heterocycles. The van der Waals surface area contributed by atoms with Crippen molar-refractivity contribution in [2.24, 2.45) is 7.05 Å². The van der Waals surface area contributed by atoms with Gasteiger partial charge in [-0.05, 0) is 24.6 Å². The van der Waals surface area contributed by atoms with E-state index >= 15 is 0 Å². The van der Waals surface area contributed by atoms with E-state index < -0.39 is 0 Å². The first-order valence-electron chi connectivity index (χ1n) is 6.10. The second-order valence-electron chi connectivity index (χ2n) is 4.58. The van der Waals surface area contributed by atoms with Crippen molar-refractivity contribution in [1.82, 2.24) is 4.57 Å². The lowest BCUT2D eigenvalue weighted by Crippen LogP contribution is -2.15. The van der Waals surface area contributed by atoms with Crippen molar-refractivity contribution in [3.8, 4) is 0 Å². The standard InChI is InChI=1S/C15H17N3O/c1-11-3-5-14(13(7-11)8-16)17-9-12-4-6-15(19)18(2)10-12/h3-8,10,16-17H,9H2,1-2H3. The van der Waals surface area contributed by atoms with Crippen molar-refractivity contribution in [2.45, 2.75) is 13.5 Å². The quantitative estimate of drug-likeness (QED) is 0.824. The van der Waals surface area contributed by atoms with Crippen molar-refractivity contribution in [3.63, 3.8) is 0 Å². The number of nitrogens with one attached hydrogen (secondary N) is 2. The zero-order chi connectivity index (χ0) is 13.8. The van der Waals surface area contributed by atoms with E-state index in [1.807, 2.05) is 37.4 Å². The van der Waals surface area contributed by atoms with Crippen LogP contribution in [0.3, 0.4) is 0 Å². The van der Waals surface area contributed by atoms with Gasteiger partial charge in [0.1, 0.15) is 0 Å². The molecule has 19 heavy (non-hydrogen) atoms. The largest absolute Gasteiger partial charge is 0.380 e. The Hall–Kier alpha value is -2.36. The lowest BCUT2D eigenvalue weighted by molar-refractivity contribution is 0.843. The first-order chi connectivity index (χ1) is 9.10. The summed E-state index contributed by atoms with van der Waals surface area (Å²) in [6.45, 7) is 2.63. The summed E-state index contributed by atoms with van der Waals surface area (Å²) in [6.07, 6.45) is 3.16. The summed E-state index contributed by atoms with van der Waals surface area (Å²) in [5.41, 5.74) is 3.93. The van der Waals surface area contributed by atoms with Gasteiger partial charge in [-0.2, -0.15) is 0 Å². The molecule has 2 aromatic rings. The highest BCUT2D eigenvalue weighted by Crippen LogP contribution is 2.16. The van der Waals surface area contributed by atoms with Gasteiger partial charge in [0, 0.05) is 43.3 Å². The maximum Gasteiger partial charge on any atom is 0.250 e. The van der Waals surface area contributed by atoms with Crippen LogP contribution >= 0.6 is 0 Å². The fourth-order valence-electron chi connectivity index (χ4n) is 1.92. The van der Waals surface area contributed by atoms with E-state index in [1.54, 1.807) is 17.7 Å². The minimum absolute atomic E-state index is 0.0146. The number of hydrogen-bond donors (Lipinski definition) is 2. The molecule has 0 bridgehead atoms. The molecule has 2 N–H and O–H groups in total. The fraction of sp³-hybridized carbons (Fsp3) is 0.200. The Morgan fingerprint density at radius 1 is 1.32 bits per heavy atom. The van der Waals surface area contributed by atoms with E-state index in [2.05, 4.69) is 5.32 Å². The van der Waals surface area contributed by atoms with Crippen molar-refractivity contribution in [2.75, 3.05) is 5.32 Å². The van der Waals surface area contributed by atoms with Crippen LogP contribution in [0.5, 0.6) is 0 Å². The van der Waals surface area contributed by atoms with Gasteiger partial charge in [0.25, 0.3) is 0 Å². The van der Waals surface area contributed by atoms with Crippen LogP contribution in [0, 0.1) is 12.3 Å². The Balaban J connectivity index is 2.16. The van der Waals surface area contributed by atoms with Gasteiger partial charge in [-0.1, -0.05) is 17.7 Å². The molecule has 0 atom stereocenters. The van der Waals surface area contributed by atoms with Gasteiger partial charge < -0.3 is 15.3 Å². The molecule has 0 saturated carbocycles. The summed E-state index contributed by atoms with van der Waals surface area (Å²) in [4.78, 5) is 11.3. The van der Waals surface area contributed by atoms with Crippen LogP contribution in [0.4, 0.5) is 5.69 Å². The Labute approximate surface area is 112 Å². The van der Waals surface area contributed by atoms with Crippen LogP contribution in [-0.2, 0) is 13.6 Å². The molecule has 0 fully saturated rings. The minimum Gasteiger partial charge on any atom is -0.380 e. The third-order valence-corrected chi connectivity index (χ3v) is 2.99. The van der Waals surface area contributed by atoms with Gasteiger partial charge in [0.15, 0.2) is 0 Å². The maximum absolute atomic E-state index is 11.3. The number of pyridine rings is 1. The van der Waals surface area contributed by atoms with Crippen LogP contribution in [0.25, 0.3) is 0 Å². The summed E-state index contributed by atoms with van der Waals surface area (Å²) in [5, 5.41) is 10.7. The molecule has 0 radical (unpaired) electrons. The SMILES string of the molecule is Cc1ccc(NCc2ccc(=O)n(C)c2)c(C=N)c1. The summed E-state index contributed by atoms with van der Waals surface area (Å²) < 4.78 is 1.56. The molecule has 0 saturated heterocycles. The van der Waals surface area contributed by atoms with Crippen LogP contribution in [0.1, 0.15) is 16.7 Å². The number of anilines is 1. The third-order valence-electron chi connectivity index (χ3n) is 2.99. The number of aryl methyl sites for hydroxylation is 2. The number of hydrogen-bond acceptors (Lipinski definition) is 3. The molecule has 0 amide bonds. The Morgan fingerprint density at radius 2 is 2.11 bits per heavy atom. The van der Waals surface area contributed by atoms with E-state index in [-0.39, 0.29) is 5.56 Å². The number of aromatic nitrogens is 1. The molecule has 0 aliphatic heterocycles. The molecule has 98 valence electrons. The van der Waals surface area contributed by atoms with Crippen LogP contribution in [-0.4, -0.2) is 10.8 Å². The molecule has 0 aliphatic rings. The first-order valence-corrected chi connectivity index (χ1v) is 6.10. The van der Waals surface area contributed by atoms with Gasteiger partial charge in [0.05, 0.1) is 0 Å². The summed E-state index contributed by atoms with van der Waals surface area (Å²) in [5.74, 6) is 0. The molecule has 0 spiro atoms. The molecular weight excluding hydrogens is 238 g/mol. The lowest BCUT2D eigenvalue weighted by atomic mass is 10.1. The molecule has 4 nitrogen and oxygen atoms in total. The van der Waals surface area contributed by atoms with Gasteiger partial charge in [0.2, 0.25) is 5.56 Å². The van der Waals surface area contributed by atoms with Crippen molar-refractivity contribution in [1.29, 1.82) is 5.41 Å². The smallest absolute Gasteiger partial charge is 0.250 e. The zero-order valence-corrected chi connectivity index (χ0v) is 11.1. The Bertz CT molecular complexity index is 659. The third kappa shape index (κ3) is 3.10. The second-order valence-corrected chi connectivity index (χ2v) is 4.58. The molecule has 0 aliphatic carbocycles. The van der Waals surface area contributed by atoms with E-state index in [9.17, 15) is 4.79 Å². The highest BCUT2D eigenvalue weighted by atomic mass is 16.1. The molecular formula is C15H17N3O. The van der Waals surface area contributed by atoms with Gasteiger partial charge in [-0.15, -0.1) is 0 Å². The maximum atomic E-state index is 11.3. The summed E-state index contributed by atoms with van der Waals surface area (Å²) in [6, 6.07) is 9.32. The molecule has 0 unspecified atom stereocenters. The first kappa shape index (κ1) is 13.1. The molecule has 4 heteroatoms. The number of nitrogens with zero attached hydrogens (tertiary/aromatic N) is 1. The minimum atomic E-state index is -0.0146. The monoisotopic (exact) mass is 255 g/mol. The molecule has 1 aromatic carbocycles. The fourth-order valence-corrected chi connectivity index (χ4v) is 1.92. The van der Waals surface area contributed by atoms with Gasteiger partial charge >= 0.3 is 0 Å². The highest BCUT2D eigenvalue weighted by Gasteiger charge is 2.01. The van der Waals surface area contributed by atoms with Crippen LogP contribution in [0.15, 0.2) is 41.3 Å². The normalized spacial score (nSPS) is 10.2.